The summed E-state index contributed by atoms with van der Waals surface area (Å²) in [6.45, 7) is 5.39. The first-order valence-corrected chi connectivity index (χ1v) is 8.61. The van der Waals surface area contributed by atoms with Crippen LogP contribution in [0, 0.1) is 0 Å². The number of ether oxygens (including phenoxy) is 2. The first-order chi connectivity index (χ1) is 12.8. The Kier molecular flexibility index (Phi) is 4.89. The molecule has 0 bridgehead atoms. The van der Waals surface area contributed by atoms with Crippen LogP contribution in [0.1, 0.15) is 20.8 Å². The number of anilines is 3. The van der Waals surface area contributed by atoms with E-state index in [1.807, 2.05) is 13.0 Å². The molecule has 3 rings (SSSR count). The summed E-state index contributed by atoms with van der Waals surface area (Å²) >= 11 is 0. The Bertz CT molecular complexity index is 882. The molecule has 0 aliphatic carbocycles. The molecule has 0 fully saturated rings. The van der Waals surface area contributed by atoms with Crippen LogP contribution in [0.25, 0.3) is 0 Å². The highest BCUT2D eigenvalue weighted by Crippen LogP contribution is 2.36. The number of nitrogens with two attached hydrogens (primary N) is 1. The largest absolute Gasteiger partial charge is 0.492 e. The maximum absolute atomic E-state index is 12.8. The lowest BCUT2D eigenvalue weighted by molar-refractivity contribution is -0.133. The van der Waals surface area contributed by atoms with Crippen LogP contribution in [-0.2, 0) is 9.59 Å². The number of carbonyl (C=O) groups excluding carboxylic acids is 2. The molecule has 0 spiro atoms. The topological polar surface area (TPSA) is 107 Å². The predicted octanol–water partition coefficient (Wildman–Crippen LogP) is 2.21. The molecule has 8 nitrogen and oxygen atoms in total. The van der Waals surface area contributed by atoms with E-state index >= 15 is 0 Å². The quantitative estimate of drug-likeness (QED) is 0.836. The minimum Gasteiger partial charge on any atom is -0.492 e. The first-order valence-electron chi connectivity index (χ1n) is 8.61. The summed E-state index contributed by atoms with van der Waals surface area (Å²) in [5.74, 6) is 0.662. The SMILES string of the molecule is CCOc1ccccc1NC(=O)CN1C(=O)C(C)(C)Oc2ccc(N)nc21. The second-order valence-electron chi connectivity index (χ2n) is 6.54. The summed E-state index contributed by atoms with van der Waals surface area (Å²) in [5, 5.41) is 2.78. The van der Waals surface area contributed by atoms with E-state index in [1.165, 1.54) is 4.90 Å². The van der Waals surface area contributed by atoms with E-state index in [0.29, 0.717) is 23.8 Å². The zero-order valence-electron chi connectivity index (χ0n) is 15.5. The van der Waals surface area contributed by atoms with Gasteiger partial charge in [-0.15, -0.1) is 0 Å². The molecular formula is C19H22N4O4. The average molecular weight is 370 g/mol. The number of aromatic nitrogens is 1. The van der Waals surface area contributed by atoms with E-state index < -0.39 is 5.60 Å². The van der Waals surface area contributed by atoms with Gasteiger partial charge in [-0.25, -0.2) is 4.98 Å². The molecule has 142 valence electrons. The van der Waals surface area contributed by atoms with Crippen LogP contribution in [0.15, 0.2) is 36.4 Å². The summed E-state index contributed by atoms with van der Waals surface area (Å²) in [6.07, 6.45) is 0. The van der Waals surface area contributed by atoms with Gasteiger partial charge in [0.1, 0.15) is 18.1 Å². The van der Waals surface area contributed by atoms with E-state index in [4.69, 9.17) is 15.2 Å². The molecule has 2 heterocycles. The maximum atomic E-state index is 12.8. The molecule has 2 aromatic rings. The fraction of sp³-hybridized carbons (Fsp3) is 0.316. The second kappa shape index (κ2) is 7.14. The Hall–Kier alpha value is -3.29. The molecule has 1 aliphatic rings. The van der Waals surface area contributed by atoms with Crippen LogP contribution in [0.3, 0.4) is 0 Å². The monoisotopic (exact) mass is 370 g/mol. The molecular weight excluding hydrogens is 348 g/mol. The Labute approximate surface area is 157 Å². The van der Waals surface area contributed by atoms with Crippen LogP contribution in [0.4, 0.5) is 17.3 Å². The van der Waals surface area contributed by atoms with Crippen molar-refractivity contribution in [1.29, 1.82) is 0 Å². The number of fused-ring (bicyclic) bond motifs is 1. The second-order valence-corrected chi connectivity index (χ2v) is 6.54. The van der Waals surface area contributed by atoms with Crippen molar-refractivity contribution >= 4 is 29.1 Å². The number of carbonyl (C=O) groups is 2. The smallest absolute Gasteiger partial charge is 0.272 e. The van der Waals surface area contributed by atoms with Crippen LogP contribution in [-0.4, -0.2) is 35.6 Å². The van der Waals surface area contributed by atoms with Crippen LogP contribution in [0.2, 0.25) is 0 Å². The van der Waals surface area contributed by atoms with Crippen molar-refractivity contribution < 1.29 is 19.1 Å². The van der Waals surface area contributed by atoms with Crippen LogP contribution >= 0.6 is 0 Å². The van der Waals surface area contributed by atoms with Crippen molar-refractivity contribution in [3.63, 3.8) is 0 Å². The minimum absolute atomic E-state index is 0.227. The van der Waals surface area contributed by atoms with Crippen molar-refractivity contribution in [1.82, 2.24) is 4.98 Å². The number of nitrogens with one attached hydrogen (secondary N) is 1. The fourth-order valence-electron chi connectivity index (χ4n) is 2.79. The van der Waals surface area contributed by atoms with E-state index in [-0.39, 0.29) is 30.0 Å². The van der Waals surface area contributed by atoms with E-state index in [2.05, 4.69) is 10.3 Å². The van der Waals surface area contributed by atoms with Gasteiger partial charge in [-0.2, -0.15) is 0 Å². The van der Waals surface area contributed by atoms with Crippen molar-refractivity contribution in [2.24, 2.45) is 0 Å². The third-order valence-electron chi connectivity index (χ3n) is 4.00. The van der Waals surface area contributed by atoms with Crippen molar-refractivity contribution in [3.8, 4) is 11.5 Å². The van der Waals surface area contributed by atoms with Gasteiger partial charge in [-0.1, -0.05) is 12.1 Å². The summed E-state index contributed by atoms with van der Waals surface area (Å²) in [6, 6.07) is 10.3. The molecule has 2 amide bonds. The van der Waals surface area contributed by atoms with Crippen molar-refractivity contribution in [3.05, 3.63) is 36.4 Å². The van der Waals surface area contributed by atoms with Gasteiger partial charge in [0.05, 0.1) is 12.3 Å². The van der Waals surface area contributed by atoms with E-state index in [0.717, 1.165) is 0 Å². The number of nitrogen functional groups attached to an aromatic ring is 1. The minimum atomic E-state index is -1.12. The van der Waals surface area contributed by atoms with Crippen LogP contribution in [0.5, 0.6) is 11.5 Å². The van der Waals surface area contributed by atoms with Gasteiger partial charge < -0.3 is 20.5 Å². The molecule has 0 saturated carbocycles. The normalized spacial score (nSPS) is 14.9. The summed E-state index contributed by atoms with van der Waals surface area (Å²) < 4.78 is 11.2. The number of hydrogen-bond acceptors (Lipinski definition) is 6. The molecule has 0 unspecified atom stereocenters. The molecule has 27 heavy (non-hydrogen) atoms. The predicted molar refractivity (Wildman–Crippen MR) is 102 cm³/mol. The lowest BCUT2D eigenvalue weighted by atomic mass is 10.1. The number of nitrogens with zero attached hydrogens (tertiary/aromatic N) is 2. The van der Waals surface area contributed by atoms with E-state index in [1.54, 1.807) is 44.2 Å². The third-order valence-corrected chi connectivity index (χ3v) is 4.00. The summed E-state index contributed by atoms with van der Waals surface area (Å²) in [4.78, 5) is 30.9. The maximum Gasteiger partial charge on any atom is 0.272 e. The average Bonchev–Trinajstić information content (AvgIpc) is 2.61. The van der Waals surface area contributed by atoms with Gasteiger partial charge >= 0.3 is 0 Å². The molecule has 1 aliphatic heterocycles. The van der Waals surface area contributed by atoms with Gasteiger partial charge in [0.15, 0.2) is 17.2 Å². The van der Waals surface area contributed by atoms with Gasteiger partial charge in [0.25, 0.3) is 5.91 Å². The number of pyridine rings is 1. The molecule has 1 aromatic carbocycles. The third kappa shape index (κ3) is 3.79. The number of para-hydroxylation sites is 2. The molecule has 0 atom stereocenters. The van der Waals surface area contributed by atoms with Crippen molar-refractivity contribution in [2.75, 3.05) is 29.1 Å². The molecule has 3 N–H and O–H groups in total. The highest BCUT2D eigenvalue weighted by molar-refractivity contribution is 6.07. The molecule has 8 heteroatoms. The summed E-state index contributed by atoms with van der Waals surface area (Å²) in [7, 11) is 0. The number of amides is 2. The van der Waals surface area contributed by atoms with Crippen molar-refractivity contribution in [2.45, 2.75) is 26.4 Å². The highest BCUT2D eigenvalue weighted by atomic mass is 16.5. The molecule has 1 aromatic heterocycles. The standard InChI is InChI=1S/C19H22N4O4/c1-4-26-13-8-6-5-7-12(13)21-16(24)11-23-17-14(9-10-15(20)22-17)27-19(2,3)18(23)25/h5-10H,4,11H2,1-3H3,(H2,20,22)(H,21,24). The van der Waals surface area contributed by atoms with E-state index in [9.17, 15) is 9.59 Å². The highest BCUT2D eigenvalue weighted by Gasteiger charge is 2.42. The molecule has 0 radical (unpaired) electrons. The zero-order chi connectivity index (χ0) is 19.6. The van der Waals surface area contributed by atoms with Crippen LogP contribution < -0.4 is 25.4 Å². The van der Waals surface area contributed by atoms with Gasteiger partial charge in [0, 0.05) is 0 Å². The Morgan fingerprint density at radius 1 is 1.30 bits per heavy atom. The first kappa shape index (κ1) is 18.5. The van der Waals surface area contributed by atoms with Gasteiger partial charge in [-0.05, 0) is 45.0 Å². The zero-order valence-corrected chi connectivity index (χ0v) is 15.5. The Morgan fingerprint density at radius 2 is 2.04 bits per heavy atom. The van der Waals surface area contributed by atoms with Gasteiger partial charge in [0.2, 0.25) is 5.91 Å². The Balaban J connectivity index is 1.85. The number of rotatable bonds is 5. The Morgan fingerprint density at radius 3 is 2.78 bits per heavy atom. The summed E-state index contributed by atoms with van der Waals surface area (Å²) in [5.41, 5.74) is 5.16. The number of hydrogen-bond donors (Lipinski definition) is 2. The fourth-order valence-corrected chi connectivity index (χ4v) is 2.79. The van der Waals surface area contributed by atoms with Gasteiger partial charge in [-0.3, -0.25) is 14.5 Å². The number of benzene rings is 1. The molecule has 0 saturated heterocycles. The lowest BCUT2D eigenvalue weighted by Gasteiger charge is -2.37. The lowest BCUT2D eigenvalue weighted by Crippen LogP contribution is -2.54.